The minimum absolute atomic E-state index is 0.0608. The van der Waals surface area contributed by atoms with Gasteiger partial charge in [-0.25, -0.2) is 14.6 Å². The number of nitrogens with zero attached hydrogens (tertiary/aromatic N) is 2. The Hall–Kier alpha value is -5.50. The molecule has 0 aliphatic heterocycles. The predicted molar refractivity (Wildman–Crippen MR) is 234 cm³/mol. The number of carbonyl (C=O) groups is 3. The van der Waals surface area contributed by atoms with E-state index in [1.807, 2.05) is 101 Å². The first kappa shape index (κ1) is 44.1. The lowest BCUT2D eigenvalue weighted by Gasteiger charge is -2.31. The van der Waals surface area contributed by atoms with Crippen LogP contribution in [0.4, 0.5) is 14.7 Å². The van der Waals surface area contributed by atoms with Crippen LogP contribution in [0.3, 0.4) is 0 Å². The molecule has 4 aromatic carbocycles. The molecule has 0 radical (unpaired) electrons. The Labute approximate surface area is 356 Å². The summed E-state index contributed by atoms with van der Waals surface area (Å²) >= 11 is 1.30. The SMILES string of the molecule is CCOC(CN(Cc1cccc2sc(NC(=O)OC(C)(C)C)nc12)C(=O)[C@H](Cc1ccc(OC(C)(C)C)cc1)NC(=O)OCC1c2ccccc2-c2ccccc21)OCC. The van der Waals surface area contributed by atoms with Crippen LogP contribution in [-0.2, 0) is 36.7 Å². The van der Waals surface area contributed by atoms with Crippen LogP contribution >= 0.6 is 11.3 Å². The van der Waals surface area contributed by atoms with Crippen molar-refractivity contribution < 1.29 is 38.1 Å². The molecule has 1 heterocycles. The van der Waals surface area contributed by atoms with Crippen LogP contribution in [0.25, 0.3) is 21.3 Å². The quantitative estimate of drug-likeness (QED) is 0.0931. The van der Waals surface area contributed by atoms with Crippen molar-refractivity contribution in [3.05, 3.63) is 113 Å². The maximum Gasteiger partial charge on any atom is 0.413 e. The molecule has 0 unspecified atom stereocenters. The highest BCUT2D eigenvalue weighted by Crippen LogP contribution is 2.44. The summed E-state index contributed by atoms with van der Waals surface area (Å²) in [6.45, 7) is 16.0. The van der Waals surface area contributed by atoms with Gasteiger partial charge in [0.15, 0.2) is 11.4 Å². The van der Waals surface area contributed by atoms with Gasteiger partial charge in [0.25, 0.3) is 0 Å². The zero-order valence-corrected chi connectivity index (χ0v) is 36.5. The largest absolute Gasteiger partial charge is 0.488 e. The van der Waals surface area contributed by atoms with E-state index in [0.717, 1.165) is 38.1 Å². The summed E-state index contributed by atoms with van der Waals surface area (Å²) in [5, 5.41) is 6.03. The van der Waals surface area contributed by atoms with Gasteiger partial charge in [0.05, 0.1) is 16.8 Å². The van der Waals surface area contributed by atoms with Crippen molar-refractivity contribution in [2.24, 2.45) is 0 Å². The van der Waals surface area contributed by atoms with Gasteiger partial charge in [-0.05, 0) is 107 Å². The van der Waals surface area contributed by atoms with Crippen LogP contribution in [0.1, 0.15) is 83.6 Å². The molecule has 0 saturated heterocycles. The van der Waals surface area contributed by atoms with E-state index >= 15 is 4.79 Å². The molecule has 0 fully saturated rings. The van der Waals surface area contributed by atoms with Gasteiger partial charge in [0, 0.05) is 32.1 Å². The first-order valence-corrected chi connectivity index (χ1v) is 21.2. The molecule has 12 nitrogen and oxygen atoms in total. The van der Waals surface area contributed by atoms with Crippen LogP contribution in [0.15, 0.2) is 91.0 Å². The maximum atomic E-state index is 15.0. The van der Waals surface area contributed by atoms with Gasteiger partial charge in [0.2, 0.25) is 5.91 Å². The lowest BCUT2D eigenvalue weighted by molar-refractivity contribution is -0.160. The number of hydrogen-bond donors (Lipinski definition) is 2. The number of amides is 3. The van der Waals surface area contributed by atoms with E-state index in [0.29, 0.717) is 29.6 Å². The van der Waals surface area contributed by atoms with E-state index in [2.05, 4.69) is 34.9 Å². The molecule has 0 saturated carbocycles. The third-order valence-electron chi connectivity index (χ3n) is 9.58. The molecular formula is C47H56N4O8S. The molecular weight excluding hydrogens is 781 g/mol. The zero-order chi connectivity index (χ0) is 43.0. The molecule has 318 valence electrons. The number of anilines is 1. The number of aromatic nitrogens is 1. The molecule has 0 spiro atoms. The summed E-state index contributed by atoms with van der Waals surface area (Å²) in [6.07, 6.45) is -1.91. The Morgan fingerprint density at radius 2 is 1.42 bits per heavy atom. The standard InChI is InChI=1S/C47H56N4O8S/c1-9-55-40(56-10-2)28-51(27-31-16-15-21-39-41(31)49-43(60-39)50-45(54)59-47(6,7)8)42(52)38(26-30-22-24-32(25-23-30)58-46(3,4)5)48-44(53)57-29-37-35-19-13-11-17-33(35)34-18-12-14-20-36(34)37/h11-25,37-38,40H,9-10,26-29H2,1-8H3,(H,48,53)(H,49,50,54)/t38-/m0/s1. The Kier molecular flexibility index (Phi) is 14.1. The molecule has 13 heteroatoms. The summed E-state index contributed by atoms with van der Waals surface area (Å²) in [5.74, 6) is 0.159. The Bertz CT molecular complexity index is 2210. The van der Waals surface area contributed by atoms with Gasteiger partial charge in [-0.2, -0.15) is 0 Å². The van der Waals surface area contributed by atoms with Gasteiger partial charge in [-0.1, -0.05) is 84.1 Å². The van der Waals surface area contributed by atoms with Crippen molar-refractivity contribution in [2.45, 2.75) is 97.8 Å². The van der Waals surface area contributed by atoms with E-state index in [1.165, 1.54) is 11.3 Å². The molecule has 1 aliphatic carbocycles. The van der Waals surface area contributed by atoms with Gasteiger partial charge in [-0.3, -0.25) is 10.1 Å². The smallest absolute Gasteiger partial charge is 0.413 e. The maximum absolute atomic E-state index is 15.0. The average molecular weight is 837 g/mol. The number of hydrogen-bond acceptors (Lipinski definition) is 10. The summed E-state index contributed by atoms with van der Waals surface area (Å²) in [5.41, 5.74) is 5.47. The number of ether oxygens (including phenoxy) is 5. The van der Waals surface area contributed by atoms with Crippen LogP contribution in [-0.4, -0.2) is 77.9 Å². The summed E-state index contributed by atoms with van der Waals surface area (Å²) in [7, 11) is 0. The van der Waals surface area contributed by atoms with Crippen molar-refractivity contribution in [3.63, 3.8) is 0 Å². The van der Waals surface area contributed by atoms with Gasteiger partial charge >= 0.3 is 12.2 Å². The van der Waals surface area contributed by atoms with Crippen LogP contribution in [0.5, 0.6) is 5.75 Å². The van der Waals surface area contributed by atoms with E-state index < -0.39 is 35.7 Å². The molecule has 5 aromatic rings. The van der Waals surface area contributed by atoms with Crippen molar-refractivity contribution in [1.29, 1.82) is 0 Å². The van der Waals surface area contributed by atoms with E-state index in [1.54, 1.807) is 25.7 Å². The number of alkyl carbamates (subject to hydrolysis) is 1. The fourth-order valence-electron chi connectivity index (χ4n) is 7.21. The van der Waals surface area contributed by atoms with Crippen LogP contribution in [0, 0.1) is 0 Å². The number of para-hydroxylation sites is 1. The van der Waals surface area contributed by atoms with Crippen molar-refractivity contribution >= 4 is 44.8 Å². The number of benzene rings is 4. The second-order valence-electron chi connectivity index (χ2n) is 16.6. The third kappa shape index (κ3) is 11.6. The van der Waals surface area contributed by atoms with E-state index in [4.69, 9.17) is 28.7 Å². The van der Waals surface area contributed by atoms with Crippen LogP contribution in [0.2, 0.25) is 0 Å². The highest BCUT2D eigenvalue weighted by Gasteiger charge is 2.33. The Morgan fingerprint density at radius 3 is 2.02 bits per heavy atom. The number of fused-ring (bicyclic) bond motifs is 4. The fraction of sp³-hybridized carbons (Fsp3) is 0.404. The third-order valence-corrected chi connectivity index (χ3v) is 10.5. The number of carbonyl (C=O) groups excluding carboxylic acids is 3. The topological polar surface area (TPSA) is 138 Å². The van der Waals surface area contributed by atoms with Gasteiger partial charge in [-0.15, -0.1) is 0 Å². The predicted octanol–water partition coefficient (Wildman–Crippen LogP) is 9.70. The summed E-state index contributed by atoms with van der Waals surface area (Å²) in [6, 6.07) is 28.4. The molecule has 0 bridgehead atoms. The highest BCUT2D eigenvalue weighted by atomic mass is 32.1. The van der Waals surface area contributed by atoms with Crippen molar-refractivity contribution in [1.82, 2.24) is 15.2 Å². The van der Waals surface area contributed by atoms with Gasteiger partial charge in [0.1, 0.15) is 29.6 Å². The molecule has 1 atom stereocenters. The Balaban J connectivity index is 1.29. The van der Waals surface area contributed by atoms with Crippen molar-refractivity contribution in [2.75, 3.05) is 31.7 Å². The van der Waals surface area contributed by atoms with Crippen molar-refractivity contribution in [3.8, 4) is 16.9 Å². The lowest BCUT2D eigenvalue weighted by atomic mass is 9.98. The normalized spacial score (nSPS) is 13.1. The Morgan fingerprint density at radius 1 is 0.783 bits per heavy atom. The second-order valence-corrected chi connectivity index (χ2v) is 17.6. The molecule has 6 rings (SSSR count). The number of rotatable bonds is 16. The average Bonchev–Trinajstić information content (AvgIpc) is 3.74. The van der Waals surface area contributed by atoms with Crippen LogP contribution < -0.4 is 15.4 Å². The van der Waals surface area contributed by atoms with E-state index in [9.17, 15) is 9.59 Å². The molecule has 1 aromatic heterocycles. The summed E-state index contributed by atoms with van der Waals surface area (Å²) in [4.78, 5) is 47.9. The molecule has 3 amide bonds. The second kappa shape index (κ2) is 19.3. The first-order chi connectivity index (χ1) is 28.6. The molecule has 1 aliphatic rings. The highest BCUT2D eigenvalue weighted by molar-refractivity contribution is 7.22. The van der Waals surface area contributed by atoms with Gasteiger partial charge < -0.3 is 33.9 Å². The van der Waals surface area contributed by atoms with E-state index in [-0.39, 0.29) is 37.9 Å². The lowest BCUT2D eigenvalue weighted by Crippen LogP contribution is -2.51. The minimum Gasteiger partial charge on any atom is -0.488 e. The molecule has 2 N–H and O–H groups in total. The molecule has 60 heavy (non-hydrogen) atoms. The minimum atomic E-state index is -1.04. The monoisotopic (exact) mass is 836 g/mol. The number of thiazole rings is 1. The fourth-order valence-corrected chi connectivity index (χ4v) is 8.11. The zero-order valence-electron chi connectivity index (χ0n) is 35.7. The summed E-state index contributed by atoms with van der Waals surface area (Å²) < 4.78 is 30.2. The number of nitrogens with one attached hydrogen (secondary N) is 2. The first-order valence-electron chi connectivity index (χ1n) is 20.4.